The number of amides is 1. The van der Waals surface area contributed by atoms with Crippen molar-refractivity contribution < 1.29 is 14.7 Å². The van der Waals surface area contributed by atoms with Crippen LogP contribution in [-0.2, 0) is 22.4 Å². The highest BCUT2D eigenvalue weighted by atomic mass is 16.4. The summed E-state index contributed by atoms with van der Waals surface area (Å²) in [6, 6.07) is 5.84. The zero-order valence-electron chi connectivity index (χ0n) is 9.77. The molecule has 0 bridgehead atoms. The van der Waals surface area contributed by atoms with Gasteiger partial charge in [-0.3, -0.25) is 9.59 Å². The van der Waals surface area contributed by atoms with E-state index in [0.717, 1.165) is 29.8 Å². The summed E-state index contributed by atoms with van der Waals surface area (Å²) < 4.78 is 0. The Morgan fingerprint density at radius 1 is 1.41 bits per heavy atom. The summed E-state index contributed by atoms with van der Waals surface area (Å²) in [5.74, 6) is -0.724. The lowest BCUT2D eigenvalue weighted by Crippen LogP contribution is -2.25. The fourth-order valence-electron chi connectivity index (χ4n) is 2.19. The number of hydrogen-bond donors (Lipinski definition) is 1. The van der Waals surface area contributed by atoms with Crippen LogP contribution in [-0.4, -0.2) is 23.5 Å². The molecule has 1 N–H and O–H groups in total. The molecule has 1 amide bonds. The van der Waals surface area contributed by atoms with Crippen LogP contribution < -0.4 is 4.90 Å². The molecule has 0 aliphatic carbocycles. The Balaban J connectivity index is 2.16. The third kappa shape index (κ3) is 2.46. The summed E-state index contributed by atoms with van der Waals surface area (Å²) in [4.78, 5) is 23.6. The van der Waals surface area contributed by atoms with Crippen LogP contribution in [0.4, 0.5) is 5.69 Å². The molecule has 2 rings (SSSR count). The number of carbonyl (C=O) groups is 2. The van der Waals surface area contributed by atoms with Gasteiger partial charge in [-0.25, -0.2) is 0 Å². The average molecular weight is 233 g/mol. The van der Waals surface area contributed by atoms with E-state index < -0.39 is 5.97 Å². The van der Waals surface area contributed by atoms with Gasteiger partial charge in [0.25, 0.3) is 0 Å². The summed E-state index contributed by atoms with van der Waals surface area (Å²) in [6.07, 6.45) is 1.55. The number of hydrogen-bond acceptors (Lipinski definition) is 2. The van der Waals surface area contributed by atoms with E-state index >= 15 is 0 Å². The van der Waals surface area contributed by atoms with E-state index in [9.17, 15) is 9.59 Å². The fourth-order valence-corrected chi connectivity index (χ4v) is 2.19. The highest BCUT2D eigenvalue weighted by Gasteiger charge is 2.21. The zero-order valence-corrected chi connectivity index (χ0v) is 9.77. The molecule has 0 fully saturated rings. The van der Waals surface area contributed by atoms with Crippen molar-refractivity contribution >= 4 is 17.6 Å². The van der Waals surface area contributed by atoms with Crippen LogP contribution in [0.5, 0.6) is 0 Å². The maximum absolute atomic E-state index is 11.4. The molecular formula is C13H15NO3. The van der Waals surface area contributed by atoms with Gasteiger partial charge in [0.15, 0.2) is 0 Å². The monoisotopic (exact) mass is 233 g/mol. The first-order valence-electron chi connectivity index (χ1n) is 5.69. The number of carbonyl (C=O) groups excluding carboxylic acids is 1. The molecule has 4 nitrogen and oxygen atoms in total. The molecule has 1 heterocycles. The van der Waals surface area contributed by atoms with Gasteiger partial charge in [-0.15, -0.1) is 0 Å². The minimum absolute atomic E-state index is 0.0574. The predicted molar refractivity (Wildman–Crippen MR) is 64.1 cm³/mol. The number of carboxylic acids is 1. The summed E-state index contributed by atoms with van der Waals surface area (Å²) in [7, 11) is 0. The van der Waals surface area contributed by atoms with Crippen molar-refractivity contribution in [3.8, 4) is 0 Å². The second-order valence-corrected chi connectivity index (χ2v) is 4.28. The third-order valence-corrected chi connectivity index (χ3v) is 3.05. The van der Waals surface area contributed by atoms with Crippen LogP contribution in [0.2, 0.25) is 0 Å². The van der Waals surface area contributed by atoms with Gasteiger partial charge in [0, 0.05) is 25.6 Å². The minimum Gasteiger partial charge on any atom is -0.481 e. The third-order valence-electron chi connectivity index (χ3n) is 3.05. The Bertz CT molecular complexity index is 468. The first-order chi connectivity index (χ1) is 8.08. The molecule has 0 unspecified atom stereocenters. The van der Waals surface area contributed by atoms with Crippen molar-refractivity contribution in [2.75, 3.05) is 11.4 Å². The lowest BCUT2D eigenvalue weighted by atomic mass is 10.0. The van der Waals surface area contributed by atoms with E-state index in [-0.39, 0.29) is 12.3 Å². The molecule has 1 aromatic carbocycles. The Labute approximate surface area is 99.9 Å². The van der Waals surface area contributed by atoms with Crippen molar-refractivity contribution in [2.45, 2.75) is 26.2 Å². The highest BCUT2D eigenvalue weighted by molar-refractivity contribution is 5.93. The van der Waals surface area contributed by atoms with Crippen LogP contribution in [0.3, 0.4) is 0 Å². The molecule has 1 aliphatic rings. The van der Waals surface area contributed by atoms with E-state index in [1.165, 1.54) is 0 Å². The summed E-state index contributed by atoms with van der Waals surface area (Å²) >= 11 is 0. The largest absolute Gasteiger partial charge is 0.481 e. The maximum Gasteiger partial charge on any atom is 0.303 e. The molecule has 17 heavy (non-hydrogen) atoms. The molecule has 0 spiro atoms. The molecule has 90 valence electrons. The predicted octanol–water partition coefficient (Wildman–Crippen LogP) is 1.61. The Kier molecular flexibility index (Phi) is 3.13. The quantitative estimate of drug-likeness (QED) is 0.863. The van der Waals surface area contributed by atoms with Gasteiger partial charge in [-0.1, -0.05) is 12.1 Å². The van der Waals surface area contributed by atoms with Crippen LogP contribution >= 0.6 is 0 Å². The number of anilines is 1. The number of rotatable bonds is 3. The van der Waals surface area contributed by atoms with E-state index in [1.54, 1.807) is 11.8 Å². The van der Waals surface area contributed by atoms with Gasteiger partial charge in [0.2, 0.25) is 5.91 Å². The van der Waals surface area contributed by atoms with Gasteiger partial charge in [-0.2, -0.15) is 0 Å². The first-order valence-corrected chi connectivity index (χ1v) is 5.69. The molecule has 0 radical (unpaired) electrons. The van der Waals surface area contributed by atoms with Crippen LogP contribution in [0.25, 0.3) is 0 Å². The van der Waals surface area contributed by atoms with Crippen molar-refractivity contribution in [1.29, 1.82) is 0 Å². The smallest absolute Gasteiger partial charge is 0.303 e. The molecule has 0 saturated heterocycles. The molecular weight excluding hydrogens is 218 g/mol. The van der Waals surface area contributed by atoms with Crippen molar-refractivity contribution in [3.63, 3.8) is 0 Å². The standard InChI is InChI=1S/C13H15NO3/c1-9(15)14-7-6-11-8-10(2-4-12(11)14)3-5-13(16)17/h2,4,8H,3,5-7H2,1H3,(H,16,17). The van der Waals surface area contributed by atoms with Gasteiger partial charge in [-0.05, 0) is 30.0 Å². The number of carboxylic acid groups (broad SMARTS) is 1. The molecule has 0 atom stereocenters. The maximum atomic E-state index is 11.4. The van der Waals surface area contributed by atoms with E-state index in [2.05, 4.69) is 0 Å². The SMILES string of the molecule is CC(=O)N1CCc2cc(CCC(=O)O)ccc21. The van der Waals surface area contributed by atoms with Gasteiger partial charge in [0.1, 0.15) is 0 Å². The number of nitrogens with zero attached hydrogens (tertiary/aromatic N) is 1. The highest BCUT2D eigenvalue weighted by Crippen LogP contribution is 2.29. The summed E-state index contributed by atoms with van der Waals surface area (Å²) in [5.41, 5.74) is 3.14. The molecule has 0 saturated carbocycles. The second-order valence-electron chi connectivity index (χ2n) is 4.28. The zero-order chi connectivity index (χ0) is 12.4. The topological polar surface area (TPSA) is 57.6 Å². The fraction of sp³-hybridized carbons (Fsp3) is 0.385. The normalized spacial score (nSPS) is 13.6. The van der Waals surface area contributed by atoms with E-state index in [1.807, 2.05) is 18.2 Å². The molecule has 1 aliphatic heterocycles. The molecule has 0 aromatic heterocycles. The van der Waals surface area contributed by atoms with Crippen LogP contribution in [0.1, 0.15) is 24.5 Å². The van der Waals surface area contributed by atoms with Crippen molar-refractivity contribution in [3.05, 3.63) is 29.3 Å². The molecule has 4 heteroatoms. The minimum atomic E-state index is -0.782. The molecule has 1 aromatic rings. The first kappa shape index (κ1) is 11.6. The van der Waals surface area contributed by atoms with Gasteiger partial charge >= 0.3 is 5.97 Å². The Morgan fingerprint density at radius 3 is 2.82 bits per heavy atom. The number of aliphatic carboxylic acids is 1. The van der Waals surface area contributed by atoms with Crippen molar-refractivity contribution in [1.82, 2.24) is 0 Å². The van der Waals surface area contributed by atoms with Gasteiger partial charge in [0.05, 0.1) is 0 Å². The van der Waals surface area contributed by atoms with Crippen LogP contribution in [0.15, 0.2) is 18.2 Å². The lowest BCUT2D eigenvalue weighted by molar-refractivity contribution is -0.137. The summed E-state index contributed by atoms with van der Waals surface area (Å²) in [5, 5.41) is 8.63. The van der Waals surface area contributed by atoms with Gasteiger partial charge < -0.3 is 10.0 Å². The summed E-state index contributed by atoms with van der Waals surface area (Å²) in [6.45, 7) is 2.29. The Morgan fingerprint density at radius 2 is 2.18 bits per heavy atom. The Hall–Kier alpha value is -1.84. The second kappa shape index (κ2) is 4.57. The lowest BCUT2D eigenvalue weighted by Gasteiger charge is -2.14. The number of benzene rings is 1. The van der Waals surface area contributed by atoms with Crippen molar-refractivity contribution in [2.24, 2.45) is 0 Å². The number of aryl methyl sites for hydroxylation is 1. The van der Waals surface area contributed by atoms with E-state index in [4.69, 9.17) is 5.11 Å². The number of fused-ring (bicyclic) bond motifs is 1. The average Bonchev–Trinajstić information content (AvgIpc) is 2.69. The van der Waals surface area contributed by atoms with Crippen LogP contribution in [0, 0.1) is 0 Å². The van der Waals surface area contributed by atoms with E-state index in [0.29, 0.717) is 6.42 Å².